The predicted octanol–water partition coefficient (Wildman–Crippen LogP) is 3.36. The Morgan fingerprint density at radius 1 is 1.16 bits per heavy atom. The fraction of sp³-hybridized carbons (Fsp3) is 0.368. The lowest BCUT2D eigenvalue weighted by Gasteiger charge is -2.32. The van der Waals surface area contributed by atoms with Gasteiger partial charge < -0.3 is 20.1 Å². The van der Waals surface area contributed by atoms with Crippen LogP contribution in [0.4, 0.5) is 14.5 Å². The van der Waals surface area contributed by atoms with E-state index in [1.54, 1.807) is 0 Å². The number of halogens is 2. The summed E-state index contributed by atoms with van der Waals surface area (Å²) in [4.78, 5) is 2.29. The number of rotatable bonds is 5. The Kier molecular flexibility index (Phi) is 5.50. The summed E-state index contributed by atoms with van der Waals surface area (Å²) in [5, 5.41) is 12.5. The van der Waals surface area contributed by atoms with Gasteiger partial charge in [-0.25, -0.2) is 8.78 Å². The van der Waals surface area contributed by atoms with Gasteiger partial charge in [-0.05, 0) is 36.2 Å². The molecule has 1 heterocycles. The fourth-order valence-corrected chi connectivity index (χ4v) is 3.05. The van der Waals surface area contributed by atoms with Crippen LogP contribution in [0.2, 0.25) is 0 Å². The molecule has 0 radical (unpaired) electrons. The molecule has 1 aliphatic rings. The number of morpholine rings is 1. The van der Waals surface area contributed by atoms with E-state index in [2.05, 4.69) is 22.3 Å². The zero-order valence-electron chi connectivity index (χ0n) is 14.1. The average molecular weight is 348 g/mol. The van der Waals surface area contributed by atoms with Crippen LogP contribution in [-0.2, 0) is 11.3 Å². The van der Waals surface area contributed by atoms with Crippen LogP contribution in [0.1, 0.15) is 24.1 Å². The Hall–Kier alpha value is -2.18. The van der Waals surface area contributed by atoms with Gasteiger partial charge in [-0.3, -0.25) is 0 Å². The average Bonchev–Trinajstić information content (AvgIpc) is 2.64. The molecule has 1 atom stereocenters. The molecular formula is C19H22F2N2O2. The van der Waals surface area contributed by atoms with E-state index in [-0.39, 0.29) is 6.04 Å². The molecule has 4 nitrogen and oxygen atoms in total. The lowest BCUT2D eigenvalue weighted by molar-refractivity contribution is 0.122. The van der Waals surface area contributed by atoms with Gasteiger partial charge in [0.15, 0.2) is 17.4 Å². The van der Waals surface area contributed by atoms with Crippen molar-refractivity contribution in [2.45, 2.75) is 19.5 Å². The number of phenolic OH excluding ortho intramolecular Hbond substituents is 1. The maximum atomic E-state index is 13.5. The number of benzene rings is 2. The number of nitrogens with zero attached hydrogens (tertiary/aromatic N) is 1. The zero-order chi connectivity index (χ0) is 17.8. The molecule has 25 heavy (non-hydrogen) atoms. The van der Waals surface area contributed by atoms with E-state index >= 15 is 0 Å². The number of anilines is 1. The van der Waals surface area contributed by atoms with Gasteiger partial charge in [0.1, 0.15) is 0 Å². The summed E-state index contributed by atoms with van der Waals surface area (Å²) >= 11 is 0. The molecule has 0 bridgehead atoms. The van der Waals surface area contributed by atoms with Gasteiger partial charge in [0, 0.05) is 31.4 Å². The molecule has 0 aromatic heterocycles. The first kappa shape index (κ1) is 17.6. The second-order valence-electron chi connectivity index (χ2n) is 6.17. The smallest absolute Gasteiger partial charge is 0.187 e. The van der Waals surface area contributed by atoms with Crippen molar-refractivity contribution in [3.63, 3.8) is 0 Å². The highest BCUT2D eigenvalue weighted by molar-refractivity contribution is 5.55. The normalized spacial score (nSPS) is 16.0. The van der Waals surface area contributed by atoms with E-state index in [0.29, 0.717) is 25.3 Å². The minimum absolute atomic E-state index is 0.000953. The number of hydrogen-bond donors (Lipinski definition) is 2. The minimum atomic E-state index is -0.946. The second-order valence-corrected chi connectivity index (χ2v) is 6.17. The molecule has 1 saturated heterocycles. The molecule has 134 valence electrons. The monoisotopic (exact) mass is 348 g/mol. The Morgan fingerprint density at radius 3 is 2.48 bits per heavy atom. The van der Waals surface area contributed by atoms with E-state index in [1.807, 2.05) is 19.1 Å². The molecular weight excluding hydrogens is 326 g/mol. The topological polar surface area (TPSA) is 44.7 Å². The molecule has 0 spiro atoms. The fourth-order valence-electron chi connectivity index (χ4n) is 3.05. The van der Waals surface area contributed by atoms with E-state index < -0.39 is 17.4 Å². The number of phenols is 1. The van der Waals surface area contributed by atoms with Gasteiger partial charge in [-0.2, -0.15) is 0 Å². The molecule has 3 rings (SSSR count). The lowest BCUT2D eigenvalue weighted by atomic mass is 10.0. The summed E-state index contributed by atoms with van der Waals surface area (Å²) in [6.45, 7) is 5.43. The van der Waals surface area contributed by atoms with Crippen molar-refractivity contribution in [2.24, 2.45) is 0 Å². The van der Waals surface area contributed by atoms with Crippen LogP contribution < -0.4 is 10.2 Å². The molecule has 6 heteroatoms. The minimum Gasteiger partial charge on any atom is -0.503 e. The van der Waals surface area contributed by atoms with Crippen LogP contribution in [0.15, 0.2) is 36.4 Å². The third-order valence-corrected chi connectivity index (χ3v) is 4.44. The van der Waals surface area contributed by atoms with E-state index in [4.69, 9.17) is 4.74 Å². The van der Waals surface area contributed by atoms with E-state index in [0.717, 1.165) is 36.5 Å². The summed E-state index contributed by atoms with van der Waals surface area (Å²) < 4.78 is 32.3. The maximum Gasteiger partial charge on any atom is 0.187 e. The van der Waals surface area contributed by atoms with Crippen molar-refractivity contribution in [3.8, 4) is 5.75 Å². The summed E-state index contributed by atoms with van der Waals surface area (Å²) in [5.41, 5.74) is 2.72. The van der Waals surface area contributed by atoms with Crippen molar-refractivity contribution < 1.29 is 18.6 Å². The Balaban J connectivity index is 1.72. The van der Waals surface area contributed by atoms with Gasteiger partial charge in [0.2, 0.25) is 0 Å². The van der Waals surface area contributed by atoms with Gasteiger partial charge in [-0.15, -0.1) is 0 Å². The highest BCUT2D eigenvalue weighted by Gasteiger charge is 2.18. The van der Waals surface area contributed by atoms with Gasteiger partial charge >= 0.3 is 0 Å². The van der Waals surface area contributed by atoms with E-state index in [1.165, 1.54) is 0 Å². The number of nitrogens with one attached hydrogen (secondary N) is 1. The molecule has 2 aromatic carbocycles. The van der Waals surface area contributed by atoms with Crippen LogP contribution in [0.5, 0.6) is 5.75 Å². The van der Waals surface area contributed by atoms with Crippen molar-refractivity contribution >= 4 is 5.69 Å². The summed E-state index contributed by atoms with van der Waals surface area (Å²) in [6, 6.07) is 10.4. The zero-order valence-corrected chi connectivity index (χ0v) is 14.1. The van der Waals surface area contributed by atoms with Crippen molar-refractivity contribution in [3.05, 3.63) is 59.2 Å². The van der Waals surface area contributed by atoms with Crippen molar-refractivity contribution in [1.29, 1.82) is 0 Å². The van der Waals surface area contributed by atoms with Crippen LogP contribution >= 0.6 is 0 Å². The van der Waals surface area contributed by atoms with Crippen LogP contribution in [0, 0.1) is 11.6 Å². The van der Waals surface area contributed by atoms with Crippen LogP contribution in [-0.4, -0.2) is 31.4 Å². The number of para-hydroxylation sites is 1. The van der Waals surface area contributed by atoms with Crippen molar-refractivity contribution in [2.75, 3.05) is 31.2 Å². The number of ether oxygens (including phenoxy) is 1. The largest absolute Gasteiger partial charge is 0.503 e. The van der Waals surface area contributed by atoms with Gasteiger partial charge in [-0.1, -0.05) is 18.2 Å². The summed E-state index contributed by atoms with van der Waals surface area (Å²) in [6.07, 6.45) is 0. The standard InChI is InChI=1S/C19H22F2N2O2/c1-13(22-12-14-10-16(20)19(24)17(21)11-14)15-4-2-3-5-18(15)23-6-8-25-9-7-23/h2-5,10-11,13,22,24H,6-9,12H2,1H3/t13-/m0/s1. The summed E-state index contributed by atoms with van der Waals surface area (Å²) in [7, 11) is 0. The van der Waals surface area contributed by atoms with Crippen molar-refractivity contribution in [1.82, 2.24) is 5.32 Å². The molecule has 0 saturated carbocycles. The van der Waals surface area contributed by atoms with Crippen LogP contribution in [0.25, 0.3) is 0 Å². The highest BCUT2D eigenvalue weighted by Crippen LogP contribution is 2.27. The first-order chi connectivity index (χ1) is 12.1. The Bertz CT molecular complexity index is 710. The molecule has 0 unspecified atom stereocenters. The molecule has 0 aliphatic carbocycles. The lowest BCUT2D eigenvalue weighted by Crippen LogP contribution is -2.37. The molecule has 2 aromatic rings. The predicted molar refractivity (Wildman–Crippen MR) is 92.8 cm³/mol. The Labute approximate surface area is 146 Å². The number of hydrogen-bond acceptors (Lipinski definition) is 4. The Morgan fingerprint density at radius 2 is 1.80 bits per heavy atom. The van der Waals surface area contributed by atoms with Crippen LogP contribution in [0.3, 0.4) is 0 Å². The molecule has 1 aliphatic heterocycles. The molecule has 0 amide bonds. The third kappa shape index (κ3) is 4.08. The van der Waals surface area contributed by atoms with Gasteiger partial charge in [0.25, 0.3) is 0 Å². The van der Waals surface area contributed by atoms with Gasteiger partial charge in [0.05, 0.1) is 13.2 Å². The first-order valence-electron chi connectivity index (χ1n) is 8.38. The number of aromatic hydroxyl groups is 1. The quantitative estimate of drug-likeness (QED) is 0.870. The maximum absolute atomic E-state index is 13.5. The second kappa shape index (κ2) is 7.80. The highest BCUT2D eigenvalue weighted by atomic mass is 19.1. The molecule has 2 N–H and O–H groups in total. The SMILES string of the molecule is C[C@H](NCc1cc(F)c(O)c(F)c1)c1ccccc1N1CCOCC1. The van der Waals surface area contributed by atoms with E-state index in [9.17, 15) is 13.9 Å². The summed E-state index contributed by atoms with van der Waals surface area (Å²) in [5.74, 6) is -2.83. The third-order valence-electron chi connectivity index (χ3n) is 4.44. The first-order valence-corrected chi connectivity index (χ1v) is 8.38. The molecule has 1 fully saturated rings.